The number of alkyl carbamates (subject to hydrolysis) is 1. The lowest BCUT2D eigenvalue weighted by atomic mass is 10.2. The van der Waals surface area contributed by atoms with Crippen molar-refractivity contribution in [1.82, 2.24) is 10.2 Å². The third kappa shape index (κ3) is 7.60. The monoisotopic (exact) mass is 367 g/mol. The number of amides is 2. The molecular weight excluding hydrogens is 346 g/mol. The van der Waals surface area contributed by atoms with Crippen LogP contribution >= 0.6 is 0 Å². The highest BCUT2D eigenvalue weighted by atomic mass is 16.6. The van der Waals surface area contributed by atoms with Gasteiger partial charge < -0.3 is 19.7 Å². The van der Waals surface area contributed by atoms with Gasteiger partial charge >= 0.3 is 12.1 Å². The first kappa shape index (κ1) is 20.9. The van der Waals surface area contributed by atoms with Gasteiger partial charge in [0.25, 0.3) is 5.69 Å². The fourth-order valence-corrected chi connectivity index (χ4v) is 1.68. The molecule has 0 atom stereocenters. The number of non-ortho nitro benzene ring substituents is 1. The maximum absolute atomic E-state index is 11.9. The van der Waals surface area contributed by atoms with Gasteiger partial charge in [-0.1, -0.05) is 0 Å². The minimum atomic E-state index is -0.743. The van der Waals surface area contributed by atoms with Crippen molar-refractivity contribution >= 4 is 23.7 Å². The molecule has 0 aliphatic carbocycles. The predicted octanol–water partition coefficient (Wildman–Crippen LogP) is 1.48. The van der Waals surface area contributed by atoms with Gasteiger partial charge in [0.2, 0.25) is 5.91 Å². The minimum absolute atomic E-state index is 0.119. The van der Waals surface area contributed by atoms with Crippen molar-refractivity contribution in [3.05, 3.63) is 34.4 Å². The first-order valence-corrected chi connectivity index (χ1v) is 7.64. The quantitative estimate of drug-likeness (QED) is 0.349. The summed E-state index contributed by atoms with van der Waals surface area (Å²) in [6, 6.07) is 4.95. The van der Waals surface area contributed by atoms with Crippen molar-refractivity contribution in [3.63, 3.8) is 0 Å². The molecule has 0 aromatic heterocycles. The molecule has 0 radical (unpaired) electrons. The summed E-state index contributed by atoms with van der Waals surface area (Å²) in [4.78, 5) is 46.2. The number of rotatable bonds is 6. The summed E-state index contributed by atoms with van der Waals surface area (Å²) in [5.74, 6) is -1.13. The zero-order valence-electron chi connectivity index (χ0n) is 15.0. The van der Waals surface area contributed by atoms with Crippen LogP contribution in [0.25, 0.3) is 0 Å². The molecule has 0 unspecified atom stereocenters. The lowest BCUT2D eigenvalue weighted by Crippen LogP contribution is -2.42. The molecule has 142 valence electrons. The molecule has 0 spiro atoms. The normalized spacial score (nSPS) is 10.6. The Hall–Kier alpha value is -3.17. The predicted molar refractivity (Wildman–Crippen MR) is 90.6 cm³/mol. The molecule has 0 saturated carbocycles. The first-order valence-electron chi connectivity index (χ1n) is 7.64. The summed E-state index contributed by atoms with van der Waals surface area (Å²) in [7, 11) is 1.37. The number of hydrogen-bond donors (Lipinski definition) is 1. The average molecular weight is 367 g/mol. The zero-order valence-corrected chi connectivity index (χ0v) is 15.0. The SMILES string of the molecule is CN(CC(=O)Oc1ccc([N+](=O)[O-])cc1)C(=O)CNC(=O)OC(C)(C)C. The lowest BCUT2D eigenvalue weighted by Gasteiger charge is -2.20. The Morgan fingerprint density at radius 1 is 1.19 bits per heavy atom. The van der Waals surface area contributed by atoms with Crippen LogP contribution in [0.15, 0.2) is 24.3 Å². The van der Waals surface area contributed by atoms with Crippen LogP contribution in [0.3, 0.4) is 0 Å². The number of carbonyl (C=O) groups excluding carboxylic acids is 3. The Morgan fingerprint density at radius 2 is 1.77 bits per heavy atom. The van der Waals surface area contributed by atoms with E-state index in [-0.39, 0.29) is 24.5 Å². The van der Waals surface area contributed by atoms with Crippen LogP contribution in [0.2, 0.25) is 0 Å². The number of nitro groups is 1. The van der Waals surface area contributed by atoms with Gasteiger partial charge in [0, 0.05) is 19.2 Å². The molecule has 1 aromatic carbocycles. The van der Waals surface area contributed by atoms with Crippen molar-refractivity contribution in [1.29, 1.82) is 0 Å². The van der Waals surface area contributed by atoms with Gasteiger partial charge in [-0.15, -0.1) is 0 Å². The average Bonchev–Trinajstić information content (AvgIpc) is 2.51. The van der Waals surface area contributed by atoms with E-state index in [9.17, 15) is 24.5 Å². The molecule has 0 aliphatic rings. The van der Waals surface area contributed by atoms with Gasteiger partial charge in [0.1, 0.15) is 24.4 Å². The fraction of sp³-hybridized carbons (Fsp3) is 0.438. The number of esters is 1. The van der Waals surface area contributed by atoms with E-state index in [1.165, 1.54) is 31.3 Å². The lowest BCUT2D eigenvalue weighted by molar-refractivity contribution is -0.384. The van der Waals surface area contributed by atoms with Crippen molar-refractivity contribution in [2.45, 2.75) is 26.4 Å². The highest BCUT2D eigenvalue weighted by molar-refractivity contribution is 5.86. The number of nitrogens with one attached hydrogen (secondary N) is 1. The molecule has 26 heavy (non-hydrogen) atoms. The van der Waals surface area contributed by atoms with Crippen LogP contribution < -0.4 is 10.1 Å². The molecule has 0 fully saturated rings. The number of benzene rings is 1. The Bertz CT molecular complexity index is 680. The van der Waals surface area contributed by atoms with Crippen molar-refractivity contribution in [2.24, 2.45) is 0 Å². The van der Waals surface area contributed by atoms with E-state index >= 15 is 0 Å². The summed E-state index contributed by atoms with van der Waals surface area (Å²) >= 11 is 0. The third-order valence-electron chi connectivity index (χ3n) is 2.85. The van der Waals surface area contributed by atoms with Gasteiger partial charge in [-0.05, 0) is 32.9 Å². The van der Waals surface area contributed by atoms with E-state index < -0.39 is 28.5 Å². The molecule has 0 heterocycles. The number of nitrogens with zero attached hydrogens (tertiary/aromatic N) is 2. The summed E-state index contributed by atoms with van der Waals surface area (Å²) in [6.45, 7) is 4.38. The van der Waals surface area contributed by atoms with E-state index in [2.05, 4.69) is 5.32 Å². The smallest absolute Gasteiger partial charge is 0.408 e. The molecule has 0 bridgehead atoms. The van der Waals surface area contributed by atoms with Crippen LogP contribution in [-0.2, 0) is 14.3 Å². The van der Waals surface area contributed by atoms with Gasteiger partial charge in [0.15, 0.2) is 0 Å². The Labute approximate surface area is 150 Å². The number of carbonyl (C=O) groups is 3. The van der Waals surface area contributed by atoms with Crippen LogP contribution in [0.1, 0.15) is 20.8 Å². The molecule has 10 nitrogen and oxygen atoms in total. The Balaban J connectivity index is 2.44. The van der Waals surface area contributed by atoms with Crippen LogP contribution in [0.4, 0.5) is 10.5 Å². The van der Waals surface area contributed by atoms with Crippen LogP contribution in [0, 0.1) is 10.1 Å². The second kappa shape index (κ2) is 8.79. The summed E-state index contributed by atoms with van der Waals surface area (Å²) in [5.41, 5.74) is -0.821. The summed E-state index contributed by atoms with van der Waals surface area (Å²) < 4.78 is 9.99. The first-order chi connectivity index (χ1) is 12.0. The highest BCUT2D eigenvalue weighted by Crippen LogP contribution is 2.17. The topological polar surface area (TPSA) is 128 Å². The van der Waals surface area contributed by atoms with E-state index in [1.54, 1.807) is 20.8 Å². The van der Waals surface area contributed by atoms with Gasteiger partial charge in [-0.25, -0.2) is 9.59 Å². The highest BCUT2D eigenvalue weighted by Gasteiger charge is 2.19. The molecule has 1 N–H and O–H groups in total. The summed E-state index contributed by atoms with van der Waals surface area (Å²) in [5, 5.41) is 12.8. The maximum Gasteiger partial charge on any atom is 0.408 e. The van der Waals surface area contributed by atoms with Crippen molar-refractivity contribution in [2.75, 3.05) is 20.1 Å². The van der Waals surface area contributed by atoms with E-state index in [0.717, 1.165) is 4.90 Å². The Kier molecular flexibility index (Phi) is 7.06. The second-order valence-corrected chi connectivity index (χ2v) is 6.33. The van der Waals surface area contributed by atoms with Crippen molar-refractivity contribution in [3.8, 4) is 5.75 Å². The van der Waals surface area contributed by atoms with Crippen LogP contribution in [-0.4, -0.2) is 53.5 Å². The second-order valence-electron chi connectivity index (χ2n) is 6.33. The van der Waals surface area contributed by atoms with Gasteiger partial charge in [-0.3, -0.25) is 14.9 Å². The number of nitro benzene ring substituents is 1. The molecule has 1 rings (SSSR count). The van der Waals surface area contributed by atoms with Crippen molar-refractivity contribution < 1.29 is 28.8 Å². The van der Waals surface area contributed by atoms with E-state index in [4.69, 9.17) is 9.47 Å². The molecular formula is C16H21N3O7. The fourth-order valence-electron chi connectivity index (χ4n) is 1.68. The zero-order chi connectivity index (χ0) is 19.9. The minimum Gasteiger partial charge on any atom is -0.444 e. The van der Waals surface area contributed by atoms with E-state index in [0.29, 0.717) is 0 Å². The summed E-state index contributed by atoms with van der Waals surface area (Å²) in [6.07, 6.45) is -0.743. The molecule has 2 amide bonds. The molecule has 0 aliphatic heterocycles. The molecule has 0 saturated heterocycles. The number of hydrogen-bond acceptors (Lipinski definition) is 7. The standard InChI is InChI=1S/C16H21N3O7/c1-16(2,3)26-15(22)17-9-13(20)18(4)10-14(21)25-12-7-5-11(6-8-12)19(23)24/h5-8H,9-10H2,1-4H3,(H,17,22). The van der Waals surface area contributed by atoms with Gasteiger partial charge in [-0.2, -0.15) is 0 Å². The number of ether oxygens (including phenoxy) is 2. The maximum atomic E-state index is 11.9. The van der Waals surface area contributed by atoms with Crippen LogP contribution in [0.5, 0.6) is 5.75 Å². The Morgan fingerprint density at radius 3 is 2.27 bits per heavy atom. The number of likely N-dealkylation sites (N-methyl/N-ethyl adjacent to an activating group) is 1. The van der Waals surface area contributed by atoms with E-state index in [1.807, 2.05) is 0 Å². The van der Waals surface area contributed by atoms with Gasteiger partial charge in [0.05, 0.1) is 4.92 Å². The molecule has 10 heteroatoms. The third-order valence-corrected chi connectivity index (χ3v) is 2.85. The molecule has 1 aromatic rings. The largest absolute Gasteiger partial charge is 0.444 e.